The zero-order chi connectivity index (χ0) is 22.9. The molecule has 31 heavy (non-hydrogen) atoms. The number of anilines is 1. The highest BCUT2D eigenvalue weighted by Crippen LogP contribution is 2.30. The summed E-state index contributed by atoms with van der Waals surface area (Å²) in [6, 6.07) is 6.66. The average Bonchev–Trinajstić information content (AvgIpc) is 2.72. The van der Waals surface area contributed by atoms with Crippen LogP contribution in [0.1, 0.15) is 5.56 Å². The Kier molecular flexibility index (Phi) is 5.64. The van der Waals surface area contributed by atoms with Crippen LogP contribution >= 0.6 is 0 Å². The van der Waals surface area contributed by atoms with Crippen molar-refractivity contribution >= 4 is 29.4 Å². The van der Waals surface area contributed by atoms with Crippen molar-refractivity contribution in [3.63, 3.8) is 0 Å². The molecule has 5 amide bonds. The monoisotopic (exact) mass is 436 g/mol. The molecule has 0 spiro atoms. The minimum Gasteiger partial charge on any atom is -0.439 e. The number of halogens is 3. The number of pyridine rings is 1. The lowest BCUT2D eigenvalue weighted by Crippen LogP contribution is -2.59. The number of ether oxygens (including phenoxy) is 1. The van der Waals surface area contributed by atoms with E-state index < -0.39 is 41.4 Å². The van der Waals surface area contributed by atoms with Gasteiger partial charge in [-0.2, -0.15) is 13.2 Å². The molecule has 1 aromatic heterocycles. The Hall–Kier alpha value is -3.96. The van der Waals surface area contributed by atoms with Crippen molar-refractivity contribution in [3.8, 4) is 11.6 Å². The maximum absolute atomic E-state index is 12.6. The normalized spacial score (nSPS) is 15.3. The highest BCUT2D eigenvalue weighted by molar-refractivity contribution is 6.27. The largest absolute Gasteiger partial charge is 0.439 e. The third kappa shape index (κ3) is 4.47. The molecule has 162 valence electrons. The number of urea groups is 1. The summed E-state index contributed by atoms with van der Waals surface area (Å²) in [5.41, 5.74) is -0.691. The highest BCUT2D eigenvalue weighted by atomic mass is 19.4. The van der Waals surface area contributed by atoms with Crippen molar-refractivity contribution in [1.82, 2.24) is 14.8 Å². The number of nitrogens with zero attached hydrogens (tertiary/aromatic N) is 3. The molecular weight excluding hydrogens is 421 g/mol. The summed E-state index contributed by atoms with van der Waals surface area (Å²) in [5, 5.41) is 2.40. The SMILES string of the molecule is CN1C(=O)C(C(=O)Nc2ccc(Oc3ccc(C(F)(F)F)cn3)cc2)C(=O)N(C)C1=O. The molecule has 3 rings (SSSR count). The van der Waals surface area contributed by atoms with E-state index in [9.17, 15) is 32.3 Å². The number of alkyl halides is 3. The van der Waals surface area contributed by atoms with Gasteiger partial charge in [0.1, 0.15) is 5.75 Å². The first-order chi connectivity index (χ1) is 14.5. The van der Waals surface area contributed by atoms with Crippen molar-refractivity contribution in [2.24, 2.45) is 5.92 Å². The molecule has 1 saturated heterocycles. The Balaban J connectivity index is 1.66. The molecule has 1 fully saturated rings. The Morgan fingerprint density at radius 2 is 1.58 bits per heavy atom. The number of barbiturate groups is 1. The number of hydrogen-bond acceptors (Lipinski definition) is 6. The molecule has 1 aliphatic heterocycles. The van der Waals surface area contributed by atoms with E-state index in [1.54, 1.807) is 0 Å². The van der Waals surface area contributed by atoms with Gasteiger partial charge in [0.05, 0.1) is 5.56 Å². The summed E-state index contributed by atoms with van der Waals surface area (Å²) in [7, 11) is 2.32. The van der Waals surface area contributed by atoms with Crippen LogP contribution in [0.15, 0.2) is 42.6 Å². The van der Waals surface area contributed by atoms with E-state index in [0.29, 0.717) is 16.0 Å². The summed E-state index contributed by atoms with van der Waals surface area (Å²) in [6.07, 6.45) is -3.87. The average molecular weight is 436 g/mol. The van der Waals surface area contributed by atoms with Crippen LogP contribution < -0.4 is 10.1 Å². The second-order valence-electron chi connectivity index (χ2n) is 6.51. The molecule has 1 aliphatic rings. The zero-order valence-electron chi connectivity index (χ0n) is 16.1. The molecule has 0 aliphatic carbocycles. The molecular formula is C19H15F3N4O5. The lowest BCUT2D eigenvalue weighted by molar-refractivity contribution is -0.151. The summed E-state index contributed by atoms with van der Waals surface area (Å²) in [5.74, 6) is -4.36. The molecule has 9 nitrogen and oxygen atoms in total. The van der Waals surface area contributed by atoms with Gasteiger partial charge in [-0.1, -0.05) is 0 Å². The number of nitrogens with one attached hydrogen (secondary N) is 1. The van der Waals surface area contributed by atoms with E-state index in [-0.39, 0.29) is 17.3 Å². The number of imide groups is 2. The predicted molar refractivity (Wildman–Crippen MR) is 98.8 cm³/mol. The van der Waals surface area contributed by atoms with E-state index >= 15 is 0 Å². The lowest BCUT2D eigenvalue weighted by atomic mass is 10.0. The molecule has 1 N–H and O–H groups in total. The molecule has 2 heterocycles. The second-order valence-corrected chi connectivity index (χ2v) is 6.51. The van der Waals surface area contributed by atoms with Crippen LogP contribution in [0, 0.1) is 5.92 Å². The minimum atomic E-state index is -4.51. The first kappa shape index (κ1) is 21.7. The van der Waals surface area contributed by atoms with Gasteiger partial charge in [-0.25, -0.2) is 9.78 Å². The van der Waals surface area contributed by atoms with Gasteiger partial charge >= 0.3 is 12.2 Å². The fourth-order valence-electron chi connectivity index (χ4n) is 2.68. The predicted octanol–water partition coefficient (Wildman–Crippen LogP) is 2.50. The number of carbonyl (C=O) groups excluding carboxylic acids is 4. The van der Waals surface area contributed by atoms with Gasteiger partial charge in [0.15, 0.2) is 5.92 Å². The second kappa shape index (κ2) is 8.05. The van der Waals surface area contributed by atoms with E-state index in [0.717, 1.165) is 26.2 Å². The number of carbonyl (C=O) groups is 4. The molecule has 12 heteroatoms. The zero-order valence-corrected chi connectivity index (χ0v) is 16.1. The first-order valence-corrected chi connectivity index (χ1v) is 8.70. The van der Waals surface area contributed by atoms with E-state index in [4.69, 9.17) is 4.74 Å². The van der Waals surface area contributed by atoms with Crippen LogP contribution in [0.4, 0.5) is 23.7 Å². The first-order valence-electron chi connectivity index (χ1n) is 8.70. The van der Waals surface area contributed by atoms with Crippen LogP contribution in [0.2, 0.25) is 0 Å². The molecule has 0 unspecified atom stereocenters. The number of aromatic nitrogens is 1. The van der Waals surface area contributed by atoms with Gasteiger partial charge in [0.2, 0.25) is 11.8 Å². The van der Waals surface area contributed by atoms with Gasteiger partial charge in [-0.3, -0.25) is 24.2 Å². The summed E-state index contributed by atoms with van der Waals surface area (Å²) in [4.78, 5) is 53.4. The van der Waals surface area contributed by atoms with Crippen molar-refractivity contribution in [2.45, 2.75) is 6.18 Å². The van der Waals surface area contributed by atoms with Gasteiger partial charge < -0.3 is 10.1 Å². The maximum Gasteiger partial charge on any atom is 0.417 e. The van der Waals surface area contributed by atoms with Crippen molar-refractivity contribution in [2.75, 3.05) is 19.4 Å². The molecule has 0 bridgehead atoms. The Bertz CT molecular complexity index is 1010. The van der Waals surface area contributed by atoms with Crippen LogP contribution in [-0.2, 0) is 20.6 Å². The number of hydrogen-bond donors (Lipinski definition) is 1. The van der Waals surface area contributed by atoms with E-state index in [2.05, 4.69) is 10.3 Å². The molecule has 1 aromatic carbocycles. The lowest BCUT2D eigenvalue weighted by Gasteiger charge is -2.32. The standard InChI is InChI=1S/C19H15F3N4O5/c1-25-16(28)14(17(29)26(2)18(25)30)15(27)24-11-4-6-12(7-5-11)31-13-8-3-10(9-23-13)19(20,21)22/h3-9,14H,1-2H3,(H,24,27). The van der Waals surface area contributed by atoms with Gasteiger partial charge in [0, 0.05) is 32.0 Å². The summed E-state index contributed by atoms with van der Waals surface area (Å²) < 4.78 is 43.0. The maximum atomic E-state index is 12.6. The van der Waals surface area contributed by atoms with Crippen LogP contribution in [-0.4, -0.2) is 52.6 Å². The van der Waals surface area contributed by atoms with Crippen molar-refractivity contribution in [3.05, 3.63) is 48.2 Å². The number of rotatable bonds is 4. The minimum absolute atomic E-state index is 0.0704. The van der Waals surface area contributed by atoms with E-state index in [1.807, 2.05) is 0 Å². The molecule has 0 atom stereocenters. The van der Waals surface area contributed by atoms with Gasteiger partial charge in [0.25, 0.3) is 11.8 Å². The fourth-order valence-corrected chi connectivity index (χ4v) is 2.68. The molecule has 0 saturated carbocycles. The van der Waals surface area contributed by atoms with Crippen LogP contribution in [0.25, 0.3) is 0 Å². The quantitative estimate of drug-likeness (QED) is 0.738. The Labute approximate surface area is 173 Å². The number of amides is 5. The summed E-state index contributed by atoms with van der Waals surface area (Å²) >= 11 is 0. The van der Waals surface area contributed by atoms with Crippen molar-refractivity contribution < 1.29 is 37.1 Å². The third-order valence-electron chi connectivity index (χ3n) is 4.40. The van der Waals surface area contributed by atoms with Gasteiger partial charge in [-0.15, -0.1) is 0 Å². The van der Waals surface area contributed by atoms with E-state index in [1.165, 1.54) is 24.3 Å². The van der Waals surface area contributed by atoms with Gasteiger partial charge in [-0.05, 0) is 30.3 Å². The molecule has 0 radical (unpaired) electrons. The topological polar surface area (TPSA) is 109 Å². The van der Waals surface area contributed by atoms with Crippen molar-refractivity contribution in [1.29, 1.82) is 0 Å². The third-order valence-corrected chi connectivity index (χ3v) is 4.40. The smallest absolute Gasteiger partial charge is 0.417 e. The highest BCUT2D eigenvalue weighted by Gasteiger charge is 2.46. The Morgan fingerprint density at radius 3 is 2.06 bits per heavy atom. The van der Waals surface area contributed by atoms with Crippen LogP contribution in [0.3, 0.4) is 0 Å². The fraction of sp³-hybridized carbons (Fsp3) is 0.211. The number of benzene rings is 1. The van der Waals surface area contributed by atoms with Crippen LogP contribution in [0.5, 0.6) is 11.6 Å². The summed E-state index contributed by atoms with van der Waals surface area (Å²) in [6.45, 7) is 0. The Morgan fingerprint density at radius 1 is 1.00 bits per heavy atom. The molecule has 2 aromatic rings.